The Morgan fingerprint density at radius 3 is 1.22 bits per heavy atom. The van der Waals surface area contributed by atoms with Crippen LogP contribution in [-0.4, -0.2) is 140 Å². The fraction of sp³-hybridized carbons (Fsp3) is 0.519. The zero-order valence-electron chi connectivity index (χ0n) is 53.8. The summed E-state index contributed by atoms with van der Waals surface area (Å²) in [6.07, 6.45) is 8.50. The summed E-state index contributed by atoms with van der Waals surface area (Å²) >= 11 is 0. The predicted molar refractivity (Wildman–Crippen MR) is 348 cm³/mol. The first-order chi connectivity index (χ1) is 42.1. The van der Waals surface area contributed by atoms with E-state index in [1.165, 1.54) is 0 Å². The molecule has 0 fully saturated rings. The van der Waals surface area contributed by atoms with E-state index < -0.39 is 0 Å². The maximum atomic E-state index is 11.9. The summed E-state index contributed by atoms with van der Waals surface area (Å²) in [6.45, 7) is 32.1. The Hall–Kier alpha value is -9.30. The molecule has 0 amide bonds. The Labute approximate surface area is 517 Å². The minimum atomic E-state index is -0.289. The van der Waals surface area contributed by atoms with E-state index in [0.717, 1.165) is 11.1 Å². The summed E-state index contributed by atoms with van der Waals surface area (Å²) in [5, 5.41) is 12.2. The largest absolute Gasteiger partial charge is 0.382 e. The highest BCUT2D eigenvalue weighted by Gasteiger charge is 2.24. The van der Waals surface area contributed by atoms with Crippen LogP contribution in [0.25, 0.3) is 55.7 Å². The molecule has 36 nitrogen and oxygen atoms in total. The molecule has 36 heteroatoms. The number of nitrogen functional groups attached to an aromatic ring is 2. The fourth-order valence-corrected chi connectivity index (χ4v) is 8.27. The number of anilines is 6. The molecule has 0 saturated heterocycles. The molecule has 10 heterocycles. The highest BCUT2D eigenvalue weighted by Crippen LogP contribution is 2.27. The molecule has 0 aromatic carbocycles. The maximum Gasteiger partial charge on any atom is 0.350 e. The number of aromatic amines is 3. The average molecular weight is 1250 g/mol. The Morgan fingerprint density at radius 2 is 0.822 bits per heavy atom. The van der Waals surface area contributed by atoms with Crippen molar-refractivity contribution in [1.29, 1.82) is 0 Å². The van der Waals surface area contributed by atoms with E-state index >= 15 is 0 Å². The number of ether oxygens (including phenoxy) is 3. The molecule has 490 valence electrons. The van der Waals surface area contributed by atoms with Crippen LogP contribution in [0.3, 0.4) is 0 Å². The Morgan fingerprint density at radius 1 is 0.444 bits per heavy atom. The SMILES string of the molecule is CC(C)(C)n1cc2cc(COCN)[nH]c2nc1=O.CC(C)(C)n1cnc2c(=O)[nH]c(NCN)nc21.CC(C)(C)n1cnc2c(=O)[nH]c(NCOCN)nc21.CC(C)(C)n1cnc2c(N)nc(NCN)nc21.CC(C)(C)n1cnc2c(N)nc(NCOCN)nc21. The van der Waals surface area contributed by atoms with Crippen molar-refractivity contribution in [3.05, 3.63) is 74.5 Å². The number of rotatable bonds is 15. The third kappa shape index (κ3) is 17.5. The monoisotopic (exact) mass is 1250 g/mol. The molecule has 10 aromatic heterocycles. The summed E-state index contributed by atoms with van der Waals surface area (Å²) in [7, 11) is 0. The molecule has 0 spiro atoms. The third-order valence-corrected chi connectivity index (χ3v) is 12.7. The van der Waals surface area contributed by atoms with Gasteiger partial charge in [0.2, 0.25) is 23.8 Å². The second-order valence-corrected chi connectivity index (χ2v) is 24.8. The zero-order chi connectivity index (χ0) is 66.7. The number of fused-ring (bicyclic) bond motifs is 5. The van der Waals surface area contributed by atoms with Crippen molar-refractivity contribution in [2.45, 2.75) is 138 Å². The van der Waals surface area contributed by atoms with Crippen LogP contribution in [0.2, 0.25) is 0 Å². The molecule has 0 saturated carbocycles. The zero-order valence-corrected chi connectivity index (χ0v) is 53.8. The van der Waals surface area contributed by atoms with E-state index in [1.54, 1.807) is 29.9 Å². The summed E-state index contributed by atoms with van der Waals surface area (Å²) in [5.74, 6) is 2.19. The van der Waals surface area contributed by atoms with Crippen LogP contribution in [0.1, 0.15) is 110 Å². The number of H-pyrrole nitrogens is 3. The van der Waals surface area contributed by atoms with Gasteiger partial charge >= 0.3 is 5.69 Å². The van der Waals surface area contributed by atoms with E-state index in [1.807, 2.05) is 92.8 Å². The van der Waals surface area contributed by atoms with Crippen LogP contribution in [0.4, 0.5) is 35.4 Å². The van der Waals surface area contributed by atoms with Crippen LogP contribution in [-0.2, 0) is 48.5 Å². The topological polar surface area (TPSA) is 523 Å². The van der Waals surface area contributed by atoms with Crippen molar-refractivity contribution in [2.75, 3.05) is 79.7 Å². The van der Waals surface area contributed by atoms with E-state index in [-0.39, 0.29) is 91.5 Å². The van der Waals surface area contributed by atoms with Crippen LogP contribution < -0.4 is 78.2 Å². The summed E-state index contributed by atoms with van der Waals surface area (Å²) in [4.78, 5) is 90.1. The molecule has 21 N–H and O–H groups in total. The minimum absolute atomic E-state index is 0.0966. The smallest absolute Gasteiger partial charge is 0.350 e. The van der Waals surface area contributed by atoms with Gasteiger partial charge in [-0.3, -0.25) is 24.1 Å². The van der Waals surface area contributed by atoms with Gasteiger partial charge in [-0.15, -0.1) is 0 Å². The molecule has 0 aliphatic rings. The highest BCUT2D eigenvalue weighted by molar-refractivity contribution is 5.84. The molecule has 0 aliphatic heterocycles. The quantitative estimate of drug-likeness (QED) is 0.0517. The summed E-state index contributed by atoms with van der Waals surface area (Å²) < 4.78 is 24.3. The fourth-order valence-electron chi connectivity index (χ4n) is 8.27. The molecule has 90 heavy (non-hydrogen) atoms. The lowest BCUT2D eigenvalue weighted by atomic mass is 10.1. The number of hydrogen-bond acceptors (Lipinski definition) is 28. The van der Waals surface area contributed by atoms with Crippen molar-refractivity contribution < 1.29 is 14.2 Å². The molecule has 0 bridgehead atoms. The van der Waals surface area contributed by atoms with E-state index in [9.17, 15) is 14.4 Å². The van der Waals surface area contributed by atoms with Crippen molar-refractivity contribution in [1.82, 2.24) is 92.6 Å². The lowest BCUT2D eigenvalue weighted by Crippen LogP contribution is -2.34. The molecular weight excluding hydrogens is 1160 g/mol. The number of nitrogens with two attached hydrogens (primary N) is 7. The first-order valence-electron chi connectivity index (χ1n) is 28.4. The van der Waals surface area contributed by atoms with Crippen LogP contribution in [0.5, 0.6) is 0 Å². The third-order valence-electron chi connectivity index (χ3n) is 12.7. The Balaban J connectivity index is 0.000000179. The maximum absolute atomic E-state index is 11.9. The lowest BCUT2D eigenvalue weighted by molar-refractivity contribution is 0.125. The molecular formula is C54H88N30O6. The van der Waals surface area contributed by atoms with Crippen LogP contribution in [0, 0.1) is 0 Å². The number of nitrogens with one attached hydrogen (secondary N) is 7. The van der Waals surface area contributed by atoms with Gasteiger partial charge in [0, 0.05) is 45.0 Å². The standard InChI is InChI=1S/C12H18N4O2.C11H19N7O.C11H18N6O2.C10H17N7.C10H16N6O/c1-12(2,3)16-5-8-4-9(6-18-7-13)14-10(8)15-11(16)17;1-11(2,3)18-5-14-7-8(13)16-10(17-9(7)18)15-6-19-4-12;1-11(2,3)17-5-13-7-8(17)15-10(16-9(7)18)14-6-19-4-12;1-10(2,3)17-5-14-6-7(12)15-9(13-4-11)16-8(6)17;1-10(2,3)16-5-13-6-7(16)14-9(12-4-11)15-8(6)17/h4-5H,6-7,13H2,1-3H3,(H,14,15,17);5H,4,6,12H2,1-3H3,(H3,13,15,16,17);5H,4,6,12H2,1-3H3,(H2,14,15,16,18);5H,4,11H2,1-3H3,(H3,12,13,15,16);5H,4,11H2,1-3H3,(H2,12,14,15,17). The van der Waals surface area contributed by atoms with Gasteiger partial charge in [0.1, 0.15) is 30.1 Å². The second-order valence-electron chi connectivity index (χ2n) is 24.8. The average Bonchev–Trinajstić information content (AvgIpc) is 1.71. The summed E-state index contributed by atoms with van der Waals surface area (Å²) in [5.41, 5.74) is 42.2. The van der Waals surface area contributed by atoms with Crippen LogP contribution in [0.15, 0.2) is 52.0 Å². The van der Waals surface area contributed by atoms with E-state index in [2.05, 4.69) is 133 Å². The molecule has 0 aliphatic carbocycles. The summed E-state index contributed by atoms with van der Waals surface area (Å²) in [6, 6.07) is 1.92. The predicted octanol–water partition coefficient (Wildman–Crippen LogP) is 2.25. The Bertz CT molecular complexity index is 4170. The van der Waals surface area contributed by atoms with Crippen molar-refractivity contribution in [3.8, 4) is 0 Å². The molecule has 0 unspecified atom stereocenters. The van der Waals surface area contributed by atoms with Crippen molar-refractivity contribution in [2.24, 2.45) is 28.7 Å². The van der Waals surface area contributed by atoms with Gasteiger partial charge in [0.25, 0.3) is 11.1 Å². The highest BCUT2D eigenvalue weighted by atomic mass is 16.5. The van der Waals surface area contributed by atoms with Crippen LogP contribution >= 0.6 is 0 Å². The van der Waals surface area contributed by atoms with Gasteiger partial charge in [0.15, 0.2) is 45.3 Å². The molecule has 0 atom stereocenters. The number of imidazole rings is 4. The van der Waals surface area contributed by atoms with Gasteiger partial charge in [-0.25, -0.2) is 24.7 Å². The molecule has 10 rings (SSSR count). The van der Waals surface area contributed by atoms with E-state index in [4.69, 9.17) is 54.3 Å². The molecule has 0 radical (unpaired) electrons. The van der Waals surface area contributed by atoms with Crippen molar-refractivity contribution >= 4 is 91.1 Å². The lowest BCUT2D eigenvalue weighted by Gasteiger charge is -2.21. The number of hydrogen-bond donors (Lipinski definition) is 14. The normalized spacial score (nSPS) is 12.0. The van der Waals surface area contributed by atoms with Gasteiger partial charge in [-0.2, -0.15) is 34.9 Å². The second kappa shape index (κ2) is 28.9. The molecule has 10 aromatic rings. The first kappa shape index (κ1) is 69.8. The number of aromatic nitrogens is 19. The Kier molecular flexibility index (Phi) is 22.4. The van der Waals surface area contributed by atoms with Crippen molar-refractivity contribution in [3.63, 3.8) is 0 Å². The first-order valence-corrected chi connectivity index (χ1v) is 28.4. The van der Waals surface area contributed by atoms with E-state index in [0.29, 0.717) is 92.3 Å². The van der Waals surface area contributed by atoms with Gasteiger partial charge in [0.05, 0.1) is 65.4 Å². The van der Waals surface area contributed by atoms with Gasteiger partial charge in [-0.1, -0.05) is 0 Å². The van der Waals surface area contributed by atoms with Gasteiger partial charge < -0.3 is 98.9 Å². The van der Waals surface area contributed by atoms with Gasteiger partial charge in [-0.05, 0) is 110 Å². The number of nitrogens with zero attached hydrogens (tertiary/aromatic N) is 16. The minimum Gasteiger partial charge on any atom is -0.382 e.